The molecule has 2 amide bonds. The zero-order chi connectivity index (χ0) is 19.2. The Balaban J connectivity index is 1.73. The number of hydrogen-bond acceptors (Lipinski definition) is 4. The summed E-state index contributed by atoms with van der Waals surface area (Å²) in [5, 5.41) is 3.74. The number of nitrogens with one attached hydrogen (secondary N) is 1. The monoisotopic (exact) mass is 364 g/mol. The first kappa shape index (κ1) is 18.3. The van der Waals surface area contributed by atoms with Crippen LogP contribution in [-0.4, -0.2) is 18.4 Å². The Morgan fingerprint density at radius 2 is 2.00 bits per heavy atom. The summed E-state index contributed by atoms with van der Waals surface area (Å²) in [6.45, 7) is 1.79. The van der Waals surface area contributed by atoms with E-state index in [1.165, 1.54) is 6.08 Å². The molecule has 138 valence electrons. The first-order valence-electron chi connectivity index (χ1n) is 8.57. The van der Waals surface area contributed by atoms with E-state index in [9.17, 15) is 9.59 Å². The molecule has 1 heterocycles. The Morgan fingerprint density at radius 3 is 2.78 bits per heavy atom. The second-order valence-electron chi connectivity index (χ2n) is 5.89. The zero-order valence-corrected chi connectivity index (χ0v) is 14.9. The van der Waals surface area contributed by atoms with Crippen molar-refractivity contribution in [3.8, 4) is 5.75 Å². The van der Waals surface area contributed by atoms with Gasteiger partial charge in [0, 0.05) is 35.2 Å². The van der Waals surface area contributed by atoms with E-state index in [2.05, 4.69) is 5.32 Å². The summed E-state index contributed by atoms with van der Waals surface area (Å²) < 4.78 is 11.1. The van der Waals surface area contributed by atoms with Crippen LogP contribution < -0.4 is 15.8 Å². The third kappa shape index (κ3) is 4.55. The van der Waals surface area contributed by atoms with E-state index < -0.39 is 5.91 Å². The number of nitrogens with two attached hydrogens (primary N) is 1. The van der Waals surface area contributed by atoms with Crippen molar-refractivity contribution in [2.45, 2.75) is 13.3 Å². The molecule has 0 bridgehead atoms. The van der Waals surface area contributed by atoms with E-state index >= 15 is 0 Å². The van der Waals surface area contributed by atoms with Crippen LogP contribution in [0.1, 0.15) is 18.2 Å². The second-order valence-corrected chi connectivity index (χ2v) is 5.89. The molecule has 3 N–H and O–H groups in total. The smallest absolute Gasteiger partial charge is 0.255 e. The number of primary amides is 1. The quantitative estimate of drug-likeness (QED) is 0.627. The summed E-state index contributed by atoms with van der Waals surface area (Å²) >= 11 is 0. The molecule has 0 unspecified atom stereocenters. The fraction of sp³-hybridized carbons (Fsp3) is 0.143. The van der Waals surface area contributed by atoms with Crippen molar-refractivity contribution < 1.29 is 18.7 Å². The minimum absolute atomic E-state index is 0.218. The highest BCUT2D eigenvalue weighted by Gasteiger charge is 2.10. The predicted molar refractivity (Wildman–Crippen MR) is 104 cm³/mol. The highest BCUT2D eigenvalue weighted by Crippen LogP contribution is 2.27. The lowest BCUT2D eigenvalue weighted by atomic mass is 10.1. The lowest BCUT2D eigenvalue weighted by Crippen LogP contribution is -2.20. The topological polar surface area (TPSA) is 94.6 Å². The largest absolute Gasteiger partial charge is 0.484 e. The number of benzene rings is 2. The van der Waals surface area contributed by atoms with Gasteiger partial charge in [-0.25, -0.2) is 0 Å². The standard InChI is InChI=1S/C21H20N2O4/c1-2-18-17(16-8-3-4-9-19(16)27-18)10-11-21(25)23-14-6-5-7-15(12-14)26-13-20(22)24/h3-12H,2,13H2,1H3,(H2,22,24)(H,23,25)/b11-10+. The summed E-state index contributed by atoms with van der Waals surface area (Å²) in [4.78, 5) is 23.1. The van der Waals surface area contributed by atoms with Gasteiger partial charge in [-0.15, -0.1) is 0 Å². The first-order valence-corrected chi connectivity index (χ1v) is 8.57. The Morgan fingerprint density at radius 1 is 1.19 bits per heavy atom. The number of ether oxygens (including phenoxy) is 1. The Labute approximate surface area is 156 Å². The van der Waals surface area contributed by atoms with Gasteiger partial charge in [-0.05, 0) is 24.3 Å². The average molecular weight is 364 g/mol. The van der Waals surface area contributed by atoms with E-state index in [1.54, 1.807) is 30.3 Å². The molecule has 0 saturated carbocycles. The van der Waals surface area contributed by atoms with E-state index in [4.69, 9.17) is 14.9 Å². The molecule has 2 aromatic carbocycles. The Hall–Kier alpha value is -3.54. The molecule has 27 heavy (non-hydrogen) atoms. The molecular weight excluding hydrogens is 344 g/mol. The maximum absolute atomic E-state index is 12.3. The van der Waals surface area contributed by atoms with Crippen LogP contribution in [0.2, 0.25) is 0 Å². The minimum Gasteiger partial charge on any atom is -0.484 e. The van der Waals surface area contributed by atoms with Crippen molar-refractivity contribution in [3.05, 3.63) is 65.9 Å². The van der Waals surface area contributed by atoms with Gasteiger partial charge in [0.05, 0.1) is 0 Å². The number of aryl methyl sites for hydroxylation is 1. The third-order valence-corrected chi connectivity index (χ3v) is 3.92. The number of rotatable bonds is 7. The fourth-order valence-electron chi connectivity index (χ4n) is 2.72. The fourth-order valence-corrected chi connectivity index (χ4v) is 2.72. The van der Waals surface area contributed by atoms with Crippen LogP contribution >= 0.6 is 0 Å². The normalized spacial score (nSPS) is 11.0. The predicted octanol–water partition coefficient (Wildman–Crippen LogP) is 3.51. The van der Waals surface area contributed by atoms with Crippen molar-refractivity contribution in [3.63, 3.8) is 0 Å². The summed E-state index contributed by atoms with van der Waals surface area (Å²) in [5.41, 5.74) is 7.32. The van der Waals surface area contributed by atoms with Gasteiger partial charge in [0.1, 0.15) is 17.1 Å². The SMILES string of the molecule is CCc1oc2ccccc2c1/C=C/C(=O)Nc1cccc(OCC(N)=O)c1. The number of anilines is 1. The summed E-state index contributed by atoms with van der Waals surface area (Å²) in [5.74, 6) is 0.438. The van der Waals surface area contributed by atoms with Gasteiger partial charge < -0.3 is 20.2 Å². The number of fused-ring (bicyclic) bond motifs is 1. The lowest BCUT2D eigenvalue weighted by Gasteiger charge is -2.06. The van der Waals surface area contributed by atoms with Crippen LogP contribution in [0.15, 0.2) is 59.0 Å². The van der Waals surface area contributed by atoms with Crippen molar-refractivity contribution in [2.24, 2.45) is 5.73 Å². The molecule has 0 fully saturated rings. The Bertz CT molecular complexity index is 1000. The minimum atomic E-state index is -0.563. The second kappa shape index (κ2) is 8.23. The number of amides is 2. The molecule has 0 atom stereocenters. The van der Waals surface area contributed by atoms with Gasteiger partial charge >= 0.3 is 0 Å². The lowest BCUT2D eigenvalue weighted by molar-refractivity contribution is -0.120. The molecule has 1 aromatic heterocycles. The highest BCUT2D eigenvalue weighted by molar-refractivity contribution is 6.03. The van der Waals surface area contributed by atoms with Crippen LogP contribution in [0, 0.1) is 0 Å². The van der Waals surface area contributed by atoms with Gasteiger partial charge in [0.15, 0.2) is 6.61 Å². The van der Waals surface area contributed by atoms with Gasteiger partial charge in [0.25, 0.3) is 5.91 Å². The number of carbonyl (C=O) groups is 2. The third-order valence-electron chi connectivity index (χ3n) is 3.92. The number of carbonyl (C=O) groups excluding carboxylic acids is 2. The molecule has 0 spiro atoms. The van der Waals surface area contributed by atoms with Gasteiger partial charge in [-0.2, -0.15) is 0 Å². The molecule has 0 aliphatic rings. The van der Waals surface area contributed by atoms with Crippen LogP contribution in [0.5, 0.6) is 5.75 Å². The van der Waals surface area contributed by atoms with Crippen molar-refractivity contribution in [1.29, 1.82) is 0 Å². The van der Waals surface area contributed by atoms with Crippen molar-refractivity contribution >= 4 is 34.5 Å². The van der Waals surface area contributed by atoms with Crippen LogP contribution in [0.25, 0.3) is 17.0 Å². The molecular formula is C21H20N2O4. The molecule has 3 aromatic rings. The van der Waals surface area contributed by atoms with Crippen LogP contribution in [0.3, 0.4) is 0 Å². The van der Waals surface area contributed by atoms with Gasteiger partial charge in [-0.1, -0.05) is 31.2 Å². The maximum Gasteiger partial charge on any atom is 0.255 e. The summed E-state index contributed by atoms with van der Waals surface area (Å²) in [6.07, 6.45) is 3.95. The average Bonchev–Trinajstić information content (AvgIpc) is 3.03. The summed E-state index contributed by atoms with van der Waals surface area (Å²) in [7, 11) is 0. The number of para-hydroxylation sites is 1. The number of furan rings is 1. The van der Waals surface area contributed by atoms with E-state index in [1.807, 2.05) is 31.2 Å². The number of hydrogen-bond donors (Lipinski definition) is 2. The van der Waals surface area contributed by atoms with Gasteiger partial charge in [-0.3, -0.25) is 9.59 Å². The highest BCUT2D eigenvalue weighted by atomic mass is 16.5. The summed E-state index contributed by atoms with van der Waals surface area (Å²) in [6, 6.07) is 14.5. The first-order chi connectivity index (χ1) is 13.1. The van der Waals surface area contributed by atoms with Crippen LogP contribution in [0.4, 0.5) is 5.69 Å². The molecule has 6 heteroatoms. The van der Waals surface area contributed by atoms with Crippen molar-refractivity contribution in [1.82, 2.24) is 0 Å². The van der Waals surface area contributed by atoms with E-state index in [0.717, 1.165) is 28.7 Å². The van der Waals surface area contributed by atoms with Crippen LogP contribution in [-0.2, 0) is 16.0 Å². The van der Waals surface area contributed by atoms with Gasteiger partial charge in [0.2, 0.25) is 5.91 Å². The van der Waals surface area contributed by atoms with Crippen molar-refractivity contribution in [2.75, 3.05) is 11.9 Å². The molecule has 0 aliphatic heterocycles. The Kier molecular flexibility index (Phi) is 5.56. The molecule has 0 aliphatic carbocycles. The molecule has 3 rings (SSSR count). The molecule has 6 nitrogen and oxygen atoms in total. The maximum atomic E-state index is 12.3. The van der Waals surface area contributed by atoms with E-state index in [0.29, 0.717) is 11.4 Å². The zero-order valence-electron chi connectivity index (χ0n) is 14.9. The van der Waals surface area contributed by atoms with E-state index in [-0.39, 0.29) is 12.5 Å². The molecule has 0 saturated heterocycles. The molecule has 0 radical (unpaired) electrons.